The van der Waals surface area contributed by atoms with Gasteiger partial charge in [0.2, 0.25) is 11.8 Å². The highest BCUT2D eigenvalue weighted by Gasteiger charge is 2.31. The second-order valence-corrected chi connectivity index (χ2v) is 6.94. The summed E-state index contributed by atoms with van der Waals surface area (Å²) in [7, 11) is 0. The highest BCUT2D eigenvalue weighted by molar-refractivity contribution is 5.88. The van der Waals surface area contributed by atoms with Crippen molar-refractivity contribution in [3.8, 4) is 0 Å². The van der Waals surface area contributed by atoms with Gasteiger partial charge in [-0.3, -0.25) is 9.59 Å². The summed E-state index contributed by atoms with van der Waals surface area (Å²) in [6, 6.07) is 8.94. The molecule has 1 aromatic carbocycles. The van der Waals surface area contributed by atoms with E-state index < -0.39 is 6.04 Å². The molecule has 0 unspecified atom stereocenters. The van der Waals surface area contributed by atoms with Gasteiger partial charge in [0.1, 0.15) is 6.04 Å². The summed E-state index contributed by atoms with van der Waals surface area (Å²) in [5, 5.41) is 15.3. The van der Waals surface area contributed by atoms with Crippen LogP contribution in [0.15, 0.2) is 30.3 Å². The number of carbonyl (C=O) groups is 2. The van der Waals surface area contributed by atoms with Crippen LogP contribution in [0.5, 0.6) is 0 Å². The molecule has 1 aliphatic carbocycles. The van der Waals surface area contributed by atoms with E-state index in [1.54, 1.807) is 0 Å². The molecular formula is C19H28N2O3. The van der Waals surface area contributed by atoms with E-state index in [9.17, 15) is 14.7 Å². The molecule has 1 aromatic rings. The maximum Gasteiger partial charge on any atom is 0.243 e. The number of hydrogen-bond donors (Lipinski definition) is 3. The third-order valence-corrected chi connectivity index (χ3v) is 4.69. The van der Waals surface area contributed by atoms with Gasteiger partial charge in [-0.15, -0.1) is 0 Å². The van der Waals surface area contributed by atoms with Gasteiger partial charge in [-0.05, 0) is 24.3 Å². The Bertz CT molecular complexity index is 545. The van der Waals surface area contributed by atoms with Crippen LogP contribution in [0, 0.1) is 11.8 Å². The fourth-order valence-corrected chi connectivity index (χ4v) is 3.26. The quantitative estimate of drug-likeness (QED) is 0.710. The predicted molar refractivity (Wildman–Crippen MR) is 93.3 cm³/mol. The molecule has 3 N–H and O–H groups in total. The van der Waals surface area contributed by atoms with Crippen LogP contribution in [0.2, 0.25) is 0 Å². The average Bonchev–Trinajstić information content (AvgIpc) is 3.00. The van der Waals surface area contributed by atoms with Crippen LogP contribution in [0.1, 0.15) is 38.7 Å². The molecule has 5 nitrogen and oxygen atoms in total. The zero-order valence-corrected chi connectivity index (χ0v) is 14.5. The molecule has 1 aliphatic rings. The molecule has 2 rings (SSSR count). The smallest absolute Gasteiger partial charge is 0.243 e. The fourth-order valence-electron chi connectivity index (χ4n) is 3.26. The molecule has 0 radical (unpaired) electrons. The molecule has 5 heteroatoms. The Balaban J connectivity index is 1.93. The molecule has 3 atom stereocenters. The molecule has 1 fully saturated rings. The van der Waals surface area contributed by atoms with Crippen LogP contribution < -0.4 is 10.6 Å². The molecule has 132 valence electrons. The summed E-state index contributed by atoms with van der Waals surface area (Å²) < 4.78 is 0. The van der Waals surface area contributed by atoms with Gasteiger partial charge >= 0.3 is 0 Å². The summed E-state index contributed by atoms with van der Waals surface area (Å²) in [5.41, 5.74) is 0.925. The van der Waals surface area contributed by atoms with Crippen molar-refractivity contribution in [1.82, 2.24) is 10.6 Å². The molecule has 0 aliphatic heterocycles. The van der Waals surface area contributed by atoms with E-state index >= 15 is 0 Å². The molecule has 0 heterocycles. The second kappa shape index (κ2) is 8.83. The summed E-state index contributed by atoms with van der Waals surface area (Å²) in [6.45, 7) is 3.94. The van der Waals surface area contributed by atoms with Crippen molar-refractivity contribution in [2.75, 3.05) is 6.61 Å². The van der Waals surface area contributed by atoms with Gasteiger partial charge in [0.25, 0.3) is 0 Å². The lowest BCUT2D eigenvalue weighted by Gasteiger charge is -2.26. The van der Waals surface area contributed by atoms with E-state index in [0.29, 0.717) is 0 Å². The first kappa shape index (κ1) is 18.5. The van der Waals surface area contributed by atoms with Crippen LogP contribution in [-0.2, 0) is 16.0 Å². The third kappa shape index (κ3) is 5.06. The van der Waals surface area contributed by atoms with Crippen molar-refractivity contribution in [2.24, 2.45) is 11.8 Å². The Kier molecular flexibility index (Phi) is 6.79. The predicted octanol–water partition coefficient (Wildman–Crippen LogP) is 1.65. The van der Waals surface area contributed by atoms with Gasteiger partial charge in [0.05, 0.1) is 6.42 Å². The molecule has 0 spiro atoms. The minimum atomic E-state index is -0.554. The van der Waals surface area contributed by atoms with Gasteiger partial charge in [-0.25, -0.2) is 0 Å². The summed E-state index contributed by atoms with van der Waals surface area (Å²) in [4.78, 5) is 24.8. The van der Waals surface area contributed by atoms with Gasteiger partial charge in [0, 0.05) is 18.6 Å². The lowest BCUT2D eigenvalue weighted by molar-refractivity contribution is -0.130. The number of aliphatic hydroxyl groups is 1. The van der Waals surface area contributed by atoms with Crippen LogP contribution >= 0.6 is 0 Å². The summed E-state index contributed by atoms with van der Waals surface area (Å²) in [5.74, 6) is -0.183. The average molecular weight is 332 g/mol. The summed E-state index contributed by atoms with van der Waals surface area (Å²) >= 11 is 0. The SMILES string of the molecule is CC(C)[C@H](NC(=O)Cc1ccccc1)C(=O)N[C@H]1CCC[C@@H]1CO. The highest BCUT2D eigenvalue weighted by Crippen LogP contribution is 2.25. The van der Waals surface area contributed by atoms with Crippen LogP contribution in [-0.4, -0.2) is 35.6 Å². The molecule has 1 saturated carbocycles. The Labute approximate surface area is 143 Å². The summed E-state index contributed by atoms with van der Waals surface area (Å²) in [6.07, 6.45) is 3.11. The molecule has 0 aromatic heterocycles. The van der Waals surface area contributed by atoms with E-state index in [1.165, 1.54) is 0 Å². The van der Waals surface area contributed by atoms with Crippen molar-refractivity contribution in [1.29, 1.82) is 0 Å². The van der Waals surface area contributed by atoms with Crippen LogP contribution in [0.3, 0.4) is 0 Å². The Morgan fingerprint density at radius 3 is 2.54 bits per heavy atom. The number of hydrogen-bond acceptors (Lipinski definition) is 3. The van der Waals surface area contributed by atoms with Crippen molar-refractivity contribution >= 4 is 11.8 Å². The number of nitrogens with one attached hydrogen (secondary N) is 2. The molecule has 0 bridgehead atoms. The van der Waals surface area contributed by atoms with E-state index in [-0.39, 0.29) is 42.7 Å². The lowest BCUT2D eigenvalue weighted by atomic mass is 10.00. The number of benzene rings is 1. The van der Waals surface area contributed by atoms with E-state index in [1.807, 2.05) is 44.2 Å². The first-order valence-electron chi connectivity index (χ1n) is 8.75. The minimum Gasteiger partial charge on any atom is -0.396 e. The molecule has 0 saturated heterocycles. The minimum absolute atomic E-state index is 0.00120. The van der Waals surface area contributed by atoms with Gasteiger partial charge < -0.3 is 15.7 Å². The van der Waals surface area contributed by atoms with Gasteiger partial charge in [-0.2, -0.15) is 0 Å². The standard InChI is InChI=1S/C19H28N2O3/c1-13(2)18(19(24)20-16-10-6-9-15(16)12-22)21-17(23)11-14-7-4-3-5-8-14/h3-5,7-8,13,15-16,18,22H,6,9-12H2,1-2H3,(H,20,24)(H,21,23)/t15-,16+,18+/m1/s1. The topological polar surface area (TPSA) is 78.4 Å². The van der Waals surface area contributed by atoms with Crippen molar-refractivity contribution in [2.45, 2.75) is 51.6 Å². The zero-order chi connectivity index (χ0) is 17.5. The normalized spacial score (nSPS) is 21.5. The number of amides is 2. The molecule has 2 amide bonds. The van der Waals surface area contributed by atoms with Crippen LogP contribution in [0.4, 0.5) is 0 Å². The molecule has 24 heavy (non-hydrogen) atoms. The van der Waals surface area contributed by atoms with E-state index in [0.717, 1.165) is 24.8 Å². The Morgan fingerprint density at radius 2 is 1.92 bits per heavy atom. The van der Waals surface area contributed by atoms with Crippen molar-refractivity contribution in [3.63, 3.8) is 0 Å². The third-order valence-electron chi connectivity index (χ3n) is 4.69. The highest BCUT2D eigenvalue weighted by atomic mass is 16.3. The number of carbonyl (C=O) groups excluding carboxylic acids is 2. The first-order chi connectivity index (χ1) is 11.5. The van der Waals surface area contributed by atoms with Crippen LogP contribution in [0.25, 0.3) is 0 Å². The van der Waals surface area contributed by atoms with Crippen molar-refractivity contribution in [3.05, 3.63) is 35.9 Å². The maximum atomic E-state index is 12.6. The maximum absolute atomic E-state index is 12.6. The monoisotopic (exact) mass is 332 g/mol. The Morgan fingerprint density at radius 1 is 1.21 bits per heavy atom. The van der Waals surface area contributed by atoms with Crippen molar-refractivity contribution < 1.29 is 14.7 Å². The number of aliphatic hydroxyl groups excluding tert-OH is 1. The second-order valence-electron chi connectivity index (χ2n) is 6.94. The van der Waals surface area contributed by atoms with E-state index in [2.05, 4.69) is 10.6 Å². The van der Waals surface area contributed by atoms with Gasteiger partial charge in [0.15, 0.2) is 0 Å². The van der Waals surface area contributed by atoms with E-state index in [4.69, 9.17) is 0 Å². The largest absolute Gasteiger partial charge is 0.396 e. The molecular weight excluding hydrogens is 304 g/mol. The number of rotatable bonds is 7. The van der Waals surface area contributed by atoms with Gasteiger partial charge in [-0.1, -0.05) is 50.6 Å². The Hall–Kier alpha value is -1.88. The zero-order valence-electron chi connectivity index (χ0n) is 14.5. The fraction of sp³-hybridized carbons (Fsp3) is 0.579. The lowest BCUT2D eigenvalue weighted by Crippen LogP contribution is -2.53. The first-order valence-corrected chi connectivity index (χ1v) is 8.75.